The molecule has 1 amide bonds. The van der Waals surface area contributed by atoms with Crippen LogP contribution >= 0.6 is 0 Å². The molecule has 0 aliphatic heterocycles. The van der Waals surface area contributed by atoms with Crippen molar-refractivity contribution in [2.45, 2.75) is 6.61 Å². The van der Waals surface area contributed by atoms with Gasteiger partial charge >= 0.3 is 5.97 Å². The van der Waals surface area contributed by atoms with Crippen LogP contribution in [-0.4, -0.2) is 17.0 Å². The van der Waals surface area contributed by atoms with Crippen LogP contribution in [0.4, 0.5) is 8.78 Å². The zero-order valence-electron chi connectivity index (χ0n) is 15.6. The Hall–Kier alpha value is -4.00. The standard InChI is InChI=1S/C23H17F2NO4/c24-19-11-8-16(12-20(19)25)14-30-18-9-6-15(7-10-18)13-21(23(28)29)26-22(27)17-4-2-1-3-5-17/h1-13H,14H2,(H,26,27)(H,28,29)/b21-13-. The molecule has 3 rings (SSSR count). The van der Waals surface area contributed by atoms with Crippen LogP contribution in [0.15, 0.2) is 78.5 Å². The summed E-state index contributed by atoms with van der Waals surface area (Å²) in [4.78, 5) is 23.7. The lowest BCUT2D eigenvalue weighted by Gasteiger charge is -2.08. The van der Waals surface area contributed by atoms with Crippen LogP contribution in [0, 0.1) is 11.6 Å². The first-order chi connectivity index (χ1) is 14.4. The molecule has 0 aromatic heterocycles. The van der Waals surface area contributed by atoms with Crippen molar-refractivity contribution in [1.29, 1.82) is 0 Å². The molecule has 0 heterocycles. The first-order valence-electron chi connectivity index (χ1n) is 8.90. The first-order valence-corrected chi connectivity index (χ1v) is 8.90. The third-order valence-corrected chi connectivity index (χ3v) is 4.10. The zero-order valence-corrected chi connectivity index (χ0v) is 15.6. The Morgan fingerprint density at radius 2 is 1.63 bits per heavy atom. The van der Waals surface area contributed by atoms with E-state index in [1.54, 1.807) is 54.6 Å². The number of ether oxygens (including phenoxy) is 1. The maximum atomic E-state index is 13.2. The summed E-state index contributed by atoms with van der Waals surface area (Å²) in [6, 6.07) is 18.2. The van der Waals surface area contributed by atoms with E-state index in [9.17, 15) is 23.5 Å². The van der Waals surface area contributed by atoms with Gasteiger partial charge in [0.15, 0.2) is 11.6 Å². The molecule has 0 spiro atoms. The molecule has 0 aliphatic rings. The quantitative estimate of drug-likeness (QED) is 0.567. The predicted octanol–water partition coefficient (Wildman–Crippen LogP) is 4.40. The number of amides is 1. The largest absolute Gasteiger partial charge is 0.489 e. The Morgan fingerprint density at radius 3 is 2.27 bits per heavy atom. The molecular weight excluding hydrogens is 392 g/mol. The SMILES string of the molecule is O=C(O)/C(=C/c1ccc(OCc2ccc(F)c(F)c2)cc1)NC(=O)c1ccccc1. The van der Waals surface area contributed by atoms with E-state index in [2.05, 4.69) is 5.32 Å². The number of carboxylic acid groups (broad SMARTS) is 1. The highest BCUT2D eigenvalue weighted by molar-refractivity contribution is 6.02. The van der Waals surface area contributed by atoms with E-state index in [4.69, 9.17) is 4.74 Å². The van der Waals surface area contributed by atoms with E-state index in [1.165, 1.54) is 12.1 Å². The Morgan fingerprint density at radius 1 is 0.933 bits per heavy atom. The fraction of sp³-hybridized carbons (Fsp3) is 0.0435. The van der Waals surface area contributed by atoms with Crippen LogP contribution < -0.4 is 10.1 Å². The maximum Gasteiger partial charge on any atom is 0.352 e. The molecule has 0 saturated carbocycles. The average molecular weight is 409 g/mol. The number of aliphatic carboxylic acids is 1. The molecule has 0 atom stereocenters. The number of nitrogens with one attached hydrogen (secondary N) is 1. The number of rotatable bonds is 7. The van der Waals surface area contributed by atoms with E-state index >= 15 is 0 Å². The fourth-order valence-corrected chi connectivity index (χ4v) is 2.56. The lowest BCUT2D eigenvalue weighted by Crippen LogP contribution is -2.27. The van der Waals surface area contributed by atoms with Crippen LogP contribution in [-0.2, 0) is 11.4 Å². The lowest BCUT2D eigenvalue weighted by molar-refractivity contribution is -0.132. The van der Waals surface area contributed by atoms with Gasteiger partial charge in [0.25, 0.3) is 5.91 Å². The number of hydrogen-bond acceptors (Lipinski definition) is 3. The molecule has 5 nitrogen and oxygen atoms in total. The van der Waals surface area contributed by atoms with E-state index in [-0.39, 0.29) is 12.3 Å². The normalized spacial score (nSPS) is 11.1. The smallest absolute Gasteiger partial charge is 0.352 e. The number of carbonyl (C=O) groups is 2. The van der Waals surface area contributed by atoms with Crippen molar-refractivity contribution >= 4 is 18.0 Å². The minimum atomic E-state index is -1.28. The minimum absolute atomic E-state index is 0.0416. The second-order valence-electron chi connectivity index (χ2n) is 6.29. The molecule has 2 N–H and O–H groups in total. The number of halogens is 2. The van der Waals surface area contributed by atoms with Gasteiger partial charge < -0.3 is 15.2 Å². The Bertz CT molecular complexity index is 1080. The summed E-state index contributed by atoms with van der Waals surface area (Å²) in [5.41, 5.74) is 1.06. The molecule has 0 aliphatic carbocycles. The van der Waals surface area contributed by atoms with E-state index in [0.29, 0.717) is 22.4 Å². The molecule has 3 aromatic rings. The summed E-state index contributed by atoms with van der Waals surface area (Å²) in [6.07, 6.45) is 1.32. The van der Waals surface area contributed by atoms with Crippen molar-refractivity contribution in [3.05, 3.63) is 107 Å². The Labute approximate surface area is 171 Å². The van der Waals surface area contributed by atoms with Crippen LogP contribution in [0.1, 0.15) is 21.5 Å². The Balaban J connectivity index is 1.67. The Kier molecular flexibility index (Phi) is 6.54. The third kappa shape index (κ3) is 5.51. The van der Waals surface area contributed by atoms with Crippen molar-refractivity contribution < 1.29 is 28.2 Å². The van der Waals surface area contributed by atoms with Gasteiger partial charge in [-0.15, -0.1) is 0 Å². The third-order valence-electron chi connectivity index (χ3n) is 4.10. The van der Waals surface area contributed by atoms with Gasteiger partial charge in [0.2, 0.25) is 0 Å². The minimum Gasteiger partial charge on any atom is -0.489 e. The van der Waals surface area contributed by atoms with Crippen molar-refractivity contribution in [2.75, 3.05) is 0 Å². The second-order valence-corrected chi connectivity index (χ2v) is 6.29. The van der Waals surface area contributed by atoms with Crippen molar-refractivity contribution in [3.8, 4) is 5.75 Å². The highest BCUT2D eigenvalue weighted by Gasteiger charge is 2.13. The average Bonchev–Trinajstić information content (AvgIpc) is 2.75. The van der Waals surface area contributed by atoms with E-state index < -0.39 is 23.5 Å². The molecular formula is C23H17F2NO4. The summed E-state index contributed by atoms with van der Waals surface area (Å²) >= 11 is 0. The van der Waals surface area contributed by atoms with Crippen LogP contribution in [0.25, 0.3) is 6.08 Å². The van der Waals surface area contributed by atoms with Gasteiger partial charge in [-0.2, -0.15) is 0 Å². The molecule has 0 bridgehead atoms. The van der Waals surface area contributed by atoms with Gasteiger partial charge in [-0.1, -0.05) is 36.4 Å². The lowest BCUT2D eigenvalue weighted by atomic mass is 10.1. The molecule has 7 heteroatoms. The molecule has 0 saturated heterocycles. The number of benzene rings is 3. The van der Waals surface area contributed by atoms with Gasteiger partial charge in [-0.3, -0.25) is 4.79 Å². The summed E-state index contributed by atoms with van der Waals surface area (Å²) < 4.78 is 31.7. The first kappa shape index (κ1) is 20.7. The molecule has 152 valence electrons. The number of hydrogen-bond donors (Lipinski definition) is 2. The maximum absolute atomic E-state index is 13.2. The predicted molar refractivity (Wildman–Crippen MR) is 107 cm³/mol. The summed E-state index contributed by atoms with van der Waals surface area (Å²) in [5.74, 6) is -3.23. The van der Waals surface area contributed by atoms with Gasteiger partial charge in [0, 0.05) is 5.56 Å². The van der Waals surface area contributed by atoms with E-state index in [1.807, 2.05) is 0 Å². The highest BCUT2D eigenvalue weighted by Crippen LogP contribution is 2.17. The monoisotopic (exact) mass is 409 g/mol. The summed E-state index contributed by atoms with van der Waals surface area (Å²) in [7, 11) is 0. The van der Waals surface area contributed by atoms with Crippen LogP contribution in [0.3, 0.4) is 0 Å². The van der Waals surface area contributed by atoms with Gasteiger partial charge in [-0.25, -0.2) is 13.6 Å². The van der Waals surface area contributed by atoms with E-state index in [0.717, 1.165) is 12.1 Å². The van der Waals surface area contributed by atoms with Crippen molar-refractivity contribution in [1.82, 2.24) is 5.32 Å². The highest BCUT2D eigenvalue weighted by atomic mass is 19.2. The summed E-state index contributed by atoms with van der Waals surface area (Å²) in [5, 5.41) is 11.7. The topological polar surface area (TPSA) is 75.6 Å². The van der Waals surface area contributed by atoms with Crippen LogP contribution in [0.2, 0.25) is 0 Å². The fourth-order valence-electron chi connectivity index (χ4n) is 2.56. The molecule has 0 fully saturated rings. The zero-order chi connectivity index (χ0) is 21.5. The number of carbonyl (C=O) groups excluding carboxylic acids is 1. The molecule has 30 heavy (non-hydrogen) atoms. The van der Waals surface area contributed by atoms with Crippen molar-refractivity contribution in [2.24, 2.45) is 0 Å². The molecule has 0 unspecified atom stereocenters. The number of carboxylic acids is 1. The van der Waals surface area contributed by atoms with Gasteiger partial charge in [-0.05, 0) is 53.6 Å². The molecule has 0 radical (unpaired) electrons. The van der Waals surface area contributed by atoms with Crippen molar-refractivity contribution in [3.63, 3.8) is 0 Å². The molecule has 3 aromatic carbocycles. The van der Waals surface area contributed by atoms with Crippen LogP contribution in [0.5, 0.6) is 5.75 Å². The summed E-state index contributed by atoms with van der Waals surface area (Å²) in [6.45, 7) is 0.0416. The van der Waals surface area contributed by atoms with Gasteiger partial charge in [0.1, 0.15) is 18.1 Å². The second kappa shape index (κ2) is 9.47. The van der Waals surface area contributed by atoms with Gasteiger partial charge in [0.05, 0.1) is 0 Å².